The SMILES string of the molecule is Cc1cc([N+](=O)[O-])cc(C(=O)NCC2CCN(C)C2)c1F. The van der Waals surface area contributed by atoms with E-state index in [1.807, 2.05) is 7.05 Å². The number of halogens is 1. The molecule has 1 aliphatic rings. The minimum absolute atomic E-state index is 0.0925. The van der Waals surface area contributed by atoms with Gasteiger partial charge in [-0.05, 0) is 38.4 Å². The summed E-state index contributed by atoms with van der Waals surface area (Å²) in [6, 6.07) is 2.11. The Morgan fingerprint density at radius 2 is 2.29 bits per heavy atom. The van der Waals surface area contributed by atoms with Crippen molar-refractivity contribution in [2.45, 2.75) is 13.3 Å². The molecule has 114 valence electrons. The predicted octanol–water partition coefficient (Wildman–Crippen LogP) is 1.72. The number of nitro benzene ring substituents is 1. The lowest BCUT2D eigenvalue weighted by molar-refractivity contribution is -0.385. The molecular formula is C14H18FN3O3. The zero-order valence-corrected chi connectivity index (χ0v) is 12.1. The highest BCUT2D eigenvalue weighted by molar-refractivity contribution is 5.95. The summed E-state index contributed by atoms with van der Waals surface area (Å²) in [6.07, 6.45) is 0.979. The van der Waals surface area contributed by atoms with Gasteiger partial charge in [0, 0.05) is 25.2 Å². The Morgan fingerprint density at radius 3 is 2.86 bits per heavy atom. The second-order valence-corrected chi connectivity index (χ2v) is 5.51. The molecule has 1 fully saturated rings. The molecule has 0 bridgehead atoms. The Hall–Kier alpha value is -2.02. The van der Waals surface area contributed by atoms with Crippen LogP contribution in [0.25, 0.3) is 0 Å². The minimum atomic E-state index is -0.707. The first-order valence-electron chi connectivity index (χ1n) is 6.79. The number of amides is 1. The van der Waals surface area contributed by atoms with E-state index in [1.165, 1.54) is 6.92 Å². The van der Waals surface area contributed by atoms with E-state index < -0.39 is 16.6 Å². The summed E-state index contributed by atoms with van der Waals surface area (Å²) in [4.78, 5) is 24.4. The number of hydrogen-bond acceptors (Lipinski definition) is 4. The highest BCUT2D eigenvalue weighted by Gasteiger charge is 2.23. The van der Waals surface area contributed by atoms with Gasteiger partial charge in [0.15, 0.2) is 0 Å². The van der Waals surface area contributed by atoms with Crippen molar-refractivity contribution in [3.05, 3.63) is 39.2 Å². The third-order valence-corrected chi connectivity index (χ3v) is 3.73. The van der Waals surface area contributed by atoms with Gasteiger partial charge in [0.05, 0.1) is 10.5 Å². The molecule has 1 unspecified atom stereocenters. The standard InChI is InChI=1S/C14H18FN3O3/c1-9-5-11(18(20)21)6-12(13(9)15)14(19)16-7-10-3-4-17(2)8-10/h5-6,10H,3-4,7-8H2,1-2H3,(H,16,19). The van der Waals surface area contributed by atoms with Crippen LogP contribution in [0.15, 0.2) is 12.1 Å². The van der Waals surface area contributed by atoms with Crippen molar-refractivity contribution in [3.63, 3.8) is 0 Å². The fourth-order valence-corrected chi connectivity index (χ4v) is 2.55. The third kappa shape index (κ3) is 3.55. The predicted molar refractivity (Wildman–Crippen MR) is 75.7 cm³/mol. The van der Waals surface area contributed by atoms with Gasteiger partial charge in [-0.25, -0.2) is 4.39 Å². The van der Waals surface area contributed by atoms with Crippen molar-refractivity contribution in [2.75, 3.05) is 26.7 Å². The third-order valence-electron chi connectivity index (χ3n) is 3.73. The van der Waals surface area contributed by atoms with Gasteiger partial charge in [-0.3, -0.25) is 14.9 Å². The Bertz CT molecular complexity index is 577. The van der Waals surface area contributed by atoms with Gasteiger partial charge in [-0.15, -0.1) is 0 Å². The van der Waals surface area contributed by atoms with E-state index in [2.05, 4.69) is 10.2 Å². The Kier molecular flexibility index (Phi) is 4.52. The van der Waals surface area contributed by atoms with Gasteiger partial charge in [-0.2, -0.15) is 0 Å². The molecule has 1 aliphatic heterocycles. The maximum atomic E-state index is 14.0. The number of aryl methyl sites for hydroxylation is 1. The van der Waals surface area contributed by atoms with Crippen molar-refractivity contribution < 1.29 is 14.1 Å². The van der Waals surface area contributed by atoms with Crippen LogP contribution in [-0.2, 0) is 0 Å². The van der Waals surface area contributed by atoms with Crippen LogP contribution >= 0.6 is 0 Å². The number of hydrogen-bond donors (Lipinski definition) is 1. The van der Waals surface area contributed by atoms with Crippen LogP contribution in [0.4, 0.5) is 10.1 Å². The molecule has 0 aromatic heterocycles. The van der Waals surface area contributed by atoms with E-state index in [0.29, 0.717) is 12.5 Å². The highest BCUT2D eigenvalue weighted by atomic mass is 19.1. The van der Waals surface area contributed by atoms with E-state index >= 15 is 0 Å². The normalized spacial score (nSPS) is 18.7. The first kappa shape index (κ1) is 15.4. The van der Waals surface area contributed by atoms with Gasteiger partial charge >= 0.3 is 0 Å². The van der Waals surface area contributed by atoms with Crippen molar-refractivity contribution in [1.82, 2.24) is 10.2 Å². The quantitative estimate of drug-likeness (QED) is 0.678. The minimum Gasteiger partial charge on any atom is -0.352 e. The van der Waals surface area contributed by atoms with Crippen LogP contribution in [0.2, 0.25) is 0 Å². The van der Waals surface area contributed by atoms with Gasteiger partial charge in [0.25, 0.3) is 11.6 Å². The van der Waals surface area contributed by atoms with Gasteiger partial charge in [0.2, 0.25) is 0 Å². The molecule has 21 heavy (non-hydrogen) atoms. The van der Waals surface area contributed by atoms with E-state index in [1.54, 1.807) is 0 Å². The maximum absolute atomic E-state index is 14.0. The van der Waals surface area contributed by atoms with Crippen LogP contribution in [0.3, 0.4) is 0 Å². The average molecular weight is 295 g/mol. The van der Waals surface area contributed by atoms with E-state index in [9.17, 15) is 19.3 Å². The van der Waals surface area contributed by atoms with Crippen molar-refractivity contribution in [1.29, 1.82) is 0 Å². The van der Waals surface area contributed by atoms with Crippen LogP contribution in [-0.4, -0.2) is 42.4 Å². The van der Waals surface area contributed by atoms with E-state index in [-0.39, 0.29) is 16.8 Å². The number of nitrogens with one attached hydrogen (secondary N) is 1. The largest absolute Gasteiger partial charge is 0.352 e. The lowest BCUT2D eigenvalue weighted by Crippen LogP contribution is -2.31. The molecule has 0 spiro atoms. The monoisotopic (exact) mass is 295 g/mol. The number of nitro groups is 1. The molecule has 2 rings (SSSR count). The topological polar surface area (TPSA) is 75.5 Å². The summed E-state index contributed by atoms with van der Waals surface area (Å²) >= 11 is 0. The smallest absolute Gasteiger partial charge is 0.270 e. The van der Waals surface area contributed by atoms with Crippen molar-refractivity contribution in [3.8, 4) is 0 Å². The number of non-ortho nitro benzene ring substituents is 1. The lowest BCUT2D eigenvalue weighted by atomic mass is 10.1. The molecule has 1 amide bonds. The summed E-state index contributed by atoms with van der Waals surface area (Å²) in [5, 5.41) is 13.5. The molecule has 0 saturated carbocycles. The van der Waals surface area contributed by atoms with Gasteiger partial charge in [0.1, 0.15) is 5.82 Å². The zero-order valence-electron chi connectivity index (χ0n) is 12.1. The number of likely N-dealkylation sites (tertiary alicyclic amines) is 1. The maximum Gasteiger partial charge on any atom is 0.270 e. The van der Waals surface area contributed by atoms with Gasteiger partial charge in [-0.1, -0.05) is 0 Å². The lowest BCUT2D eigenvalue weighted by Gasteiger charge is -2.12. The first-order valence-corrected chi connectivity index (χ1v) is 6.79. The Morgan fingerprint density at radius 1 is 1.57 bits per heavy atom. The number of rotatable bonds is 4. The Labute approximate surface area is 122 Å². The highest BCUT2D eigenvalue weighted by Crippen LogP contribution is 2.21. The molecule has 1 N–H and O–H groups in total. The van der Waals surface area contributed by atoms with Crippen LogP contribution in [0, 0.1) is 28.8 Å². The van der Waals surface area contributed by atoms with E-state index in [4.69, 9.17) is 0 Å². The zero-order chi connectivity index (χ0) is 15.6. The number of benzene rings is 1. The number of nitrogens with zero attached hydrogens (tertiary/aromatic N) is 2. The summed E-state index contributed by atoms with van der Waals surface area (Å²) in [6.45, 7) is 3.72. The summed E-state index contributed by atoms with van der Waals surface area (Å²) in [7, 11) is 2.01. The number of carbonyl (C=O) groups excluding carboxylic acids is 1. The molecule has 6 nitrogen and oxygen atoms in total. The summed E-state index contributed by atoms with van der Waals surface area (Å²) in [5.41, 5.74) is -0.456. The van der Waals surface area contributed by atoms with Crippen LogP contribution in [0.5, 0.6) is 0 Å². The van der Waals surface area contributed by atoms with Crippen molar-refractivity contribution >= 4 is 11.6 Å². The molecule has 1 aromatic rings. The molecule has 0 aliphatic carbocycles. The average Bonchev–Trinajstić information content (AvgIpc) is 2.84. The van der Waals surface area contributed by atoms with Crippen LogP contribution < -0.4 is 5.32 Å². The molecule has 0 radical (unpaired) electrons. The molecule has 1 aromatic carbocycles. The Balaban J connectivity index is 2.09. The van der Waals surface area contributed by atoms with Gasteiger partial charge < -0.3 is 10.2 Å². The summed E-state index contributed by atoms with van der Waals surface area (Å²) < 4.78 is 14.0. The van der Waals surface area contributed by atoms with Crippen molar-refractivity contribution in [2.24, 2.45) is 5.92 Å². The molecule has 1 heterocycles. The molecule has 1 atom stereocenters. The van der Waals surface area contributed by atoms with E-state index in [0.717, 1.165) is 31.6 Å². The second kappa shape index (κ2) is 6.17. The number of carbonyl (C=O) groups is 1. The van der Waals surface area contributed by atoms with Crippen LogP contribution in [0.1, 0.15) is 22.3 Å². The second-order valence-electron chi connectivity index (χ2n) is 5.51. The fraction of sp³-hybridized carbons (Fsp3) is 0.500. The fourth-order valence-electron chi connectivity index (χ4n) is 2.55. The molecular weight excluding hydrogens is 277 g/mol. The molecule has 1 saturated heterocycles. The molecule has 7 heteroatoms. The summed E-state index contributed by atoms with van der Waals surface area (Å²) in [5.74, 6) is -0.975. The first-order chi connectivity index (χ1) is 9.88.